The fourth-order valence-corrected chi connectivity index (χ4v) is 32.6. The van der Waals surface area contributed by atoms with Crippen molar-refractivity contribution in [2.45, 2.75) is 232 Å². The zero-order chi connectivity index (χ0) is 41.8. The Bertz CT molecular complexity index is 930. The molecular formula is C42H89O3PSi3Ta. The van der Waals surface area contributed by atoms with Gasteiger partial charge in [-0.2, -0.15) is 0 Å². The van der Waals surface area contributed by atoms with E-state index >= 15 is 0 Å². The van der Waals surface area contributed by atoms with Crippen LogP contribution in [0.5, 0.6) is 0 Å². The quantitative estimate of drug-likeness (QED) is 0.194. The third kappa shape index (κ3) is 13.2. The molecule has 3 N–H and O–H groups in total. The van der Waals surface area contributed by atoms with Gasteiger partial charge in [0.25, 0.3) is 0 Å². The van der Waals surface area contributed by atoms with Gasteiger partial charge in [-0.15, -0.1) is 0 Å². The summed E-state index contributed by atoms with van der Waals surface area (Å²) >= 11 is 1.43. The summed E-state index contributed by atoms with van der Waals surface area (Å²) in [6, 6.07) is 12.0. The van der Waals surface area contributed by atoms with E-state index in [0.29, 0.717) is 0 Å². The molecule has 0 bridgehead atoms. The number of rotatable bonds is 1. The van der Waals surface area contributed by atoms with Gasteiger partial charge >= 0.3 is 61.7 Å². The van der Waals surface area contributed by atoms with E-state index in [2.05, 4.69) is 211 Å². The van der Waals surface area contributed by atoms with E-state index in [9.17, 15) is 14.4 Å². The Hall–Kier alpha value is 0.791. The van der Waals surface area contributed by atoms with E-state index in [1.54, 1.807) is 0 Å². The molecule has 0 aliphatic carbocycles. The predicted molar refractivity (Wildman–Crippen MR) is 234 cm³/mol. The fourth-order valence-electron chi connectivity index (χ4n) is 10.6. The molecule has 1 aromatic carbocycles. The molecule has 0 fully saturated rings. The third-order valence-corrected chi connectivity index (χ3v) is 33.2. The Morgan fingerprint density at radius 2 is 0.480 bits per heavy atom. The van der Waals surface area contributed by atoms with E-state index in [1.807, 2.05) is 6.07 Å². The Labute approximate surface area is 331 Å². The molecule has 0 saturated carbocycles. The summed E-state index contributed by atoms with van der Waals surface area (Å²) < 4.78 is 0. The van der Waals surface area contributed by atoms with Gasteiger partial charge in [0.1, 0.15) is 0 Å². The first-order chi connectivity index (χ1) is 21.2. The van der Waals surface area contributed by atoms with Gasteiger partial charge in [-0.3, -0.25) is 0 Å². The Kier molecular flexibility index (Phi) is 19.5. The van der Waals surface area contributed by atoms with E-state index in [1.165, 1.54) is 31.3 Å². The molecule has 8 heteroatoms. The van der Waals surface area contributed by atoms with Crippen molar-refractivity contribution in [2.24, 2.45) is 0 Å². The normalized spacial score (nSPS) is 14.8. The van der Waals surface area contributed by atoms with Crippen LogP contribution in [-0.4, -0.2) is 39.3 Å². The molecule has 0 spiro atoms. The minimum absolute atomic E-state index is 0.0174. The van der Waals surface area contributed by atoms with Crippen LogP contribution >= 0.6 is 6.01 Å². The molecule has 1 aromatic rings. The molecule has 297 valence electrons. The van der Waals surface area contributed by atoms with Crippen molar-refractivity contribution in [2.75, 3.05) is 0 Å². The maximum atomic E-state index is 11.2. The fraction of sp³-hybridized carbons (Fsp3) is 0.857. The summed E-state index contributed by atoms with van der Waals surface area (Å²) in [5, 5.41) is 1.59. The average Bonchev–Trinajstić information content (AvgIpc) is 2.82. The standard InChI is InChI=1S/3C12H28OSi.C6H5P.Ta/c3*1-10(2,3)14(13,11(4,5)6)12(7,8)9;7-6-4-2-1-3-5-6;/h3*13H,1-9H3;1-5H;. The summed E-state index contributed by atoms with van der Waals surface area (Å²) in [5.74, 6) is 0. The minimum atomic E-state index is -2.35. The van der Waals surface area contributed by atoms with Crippen molar-refractivity contribution in [3.8, 4) is 0 Å². The summed E-state index contributed by atoms with van der Waals surface area (Å²) in [7, 11) is -7.06. The molecule has 50 heavy (non-hydrogen) atoms. The Morgan fingerprint density at radius 3 is 0.540 bits per heavy atom. The van der Waals surface area contributed by atoms with Crippen molar-refractivity contribution in [1.29, 1.82) is 0 Å². The van der Waals surface area contributed by atoms with Gasteiger partial charge in [-0.25, -0.2) is 0 Å². The zero-order valence-electron chi connectivity index (χ0n) is 38.6. The number of hydrogen-bond acceptors (Lipinski definition) is 3. The summed E-state index contributed by atoms with van der Waals surface area (Å²) in [5.41, 5.74) is 0. The van der Waals surface area contributed by atoms with Crippen LogP contribution < -0.4 is 5.30 Å². The molecule has 0 saturated heterocycles. The van der Waals surface area contributed by atoms with Crippen molar-refractivity contribution < 1.29 is 34.4 Å². The number of hydrogen-bond donors (Lipinski definition) is 3. The second kappa shape index (κ2) is 17.7. The van der Waals surface area contributed by atoms with Crippen molar-refractivity contribution in [1.82, 2.24) is 0 Å². The molecule has 0 aliphatic rings. The SMILES string of the molecule is CC(C)(C)[Si](O)(C(C)(C)C)C(C)(C)C.CC(C)(C)[Si](O)(C(C)(C)C)C(C)(C)C.CC(C)(C)[Si](O)(C(C)(C)C)C(C)(C)C.[Ta]=[P]c1ccccc1. The average molecular weight is 938 g/mol. The van der Waals surface area contributed by atoms with Gasteiger partial charge in [0, 0.05) is 0 Å². The van der Waals surface area contributed by atoms with Gasteiger partial charge in [0.05, 0.1) is 0 Å². The monoisotopic (exact) mass is 938 g/mol. The van der Waals surface area contributed by atoms with E-state index in [-0.39, 0.29) is 45.3 Å². The molecule has 3 nitrogen and oxygen atoms in total. The third-order valence-electron chi connectivity index (χ3n) is 10.6. The van der Waals surface area contributed by atoms with Crippen LogP contribution in [0.25, 0.3) is 0 Å². The molecule has 0 aliphatic heterocycles. The van der Waals surface area contributed by atoms with E-state index in [4.69, 9.17) is 0 Å². The topological polar surface area (TPSA) is 60.7 Å². The summed E-state index contributed by atoms with van der Waals surface area (Å²) in [6.45, 7) is 58.8. The number of benzene rings is 1. The molecule has 0 atom stereocenters. The van der Waals surface area contributed by atoms with Crippen LogP contribution in [0.4, 0.5) is 0 Å². The van der Waals surface area contributed by atoms with Crippen molar-refractivity contribution >= 4 is 36.3 Å². The molecule has 0 radical (unpaired) electrons. The van der Waals surface area contributed by atoms with Gasteiger partial charge < -0.3 is 14.4 Å². The second-order valence-corrected chi connectivity index (χ2v) is 44.5. The predicted octanol–water partition coefficient (Wildman–Crippen LogP) is 14.7. The van der Waals surface area contributed by atoms with E-state index < -0.39 is 25.0 Å². The van der Waals surface area contributed by atoms with Crippen LogP contribution in [-0.2, 0) is 20.0 Å². The van der Waals surface area contributed by atoms with Crippen LogP contribution in [0.15, 0.2) is 30.3 Å². The Morgan fingerprint density at radius 1 is 0.340 bits per heavy atom. The summed E-state index contributed by atoms with van der Waals surface area (Å²) in [4.78, 5) is 33.5. The van der Waals surface area contributed by atoms with Gasteiger partial charge in [-0.05, 0) is 45.3 Å². The van der Waals surface area contributed by atoms with Gasteiger partial charge in [-0.1, -0.05) is 187 Å². The van der Waals surface area contributed by atoms with Gasteiger partial charge in [0.2, 0.25) is 25.0 Å². The van der Waals surface area contributed by atoms with Crippen molar-refractivity contribution in [3.63, 3.8) is 0 Å². The van der Waals surface area contributed by atoms with Crippen LogP contribution in [0, 0.1) is 0 Å². The molecule has 1 rings (SSSR count). The molecule has 0 amide bonds. The summed E-state index contributed by atoms with van der Waals surface area (Å²) in [6.07, 6.45) is 0. The van der Waals surface area contributed by atoms with Crippen LogP contribution in [0.1, 0.15) is 187 Å². The Balaban J connectivity index is -0.000000599. The van der Waals surface area contributed by atoms with Gasteiger partial charge in [0.15, 0.2) is 0 Å². The maximum absolute atomic E-state index is 11.2. The van der Waals surface area contributed by atoms with E-state index in [0.717, 1.165) is 0 Å². The zero-order valence-corrected chi connectivity index (χ0v) is 45.7. The first kappa shape index (κ1) is 55.1. The first-order valence-corrected chi connectivity index (χ1v) is 29.8. The molecule has 0 unspecified atom stereocenters. The first-order valence-electron chi connectivity index (χ1n) is 18.8. The van der Waals surface area contributed by atoms with Crippen molar-refractivity contribution in [3.05, 3.63) is 30.3 Å². The molecular weight excluding hydrogens is 849 g/mol. The van der Waals surface area contributed by atoms with Crippen LogP contribution in [0.3, 0.4) is 0 Å². The van der Waals surface area contributed by atoms with Crippen LogP contribution in [0.2, 0.25) is 45.3 Å². The second-order valence-electron chi connectivity index (χ2n) is 23.8. The molecule has 0 heterocycles. The molecule has 0 aromatic heterocycles.